The molecule has 42 heavy (non-hydrogen) atoms. The summed E-state index contributed by atoms with van der Waals surface area (Å²) in [5.41, 5.74) is 1.22. The highest BCUT2D eigenvalue weighted by Crippen LogP contribution is 2.44. The predicted octanol–water partition coefficient (Wildman–Crippen LogP) is 5.73. The quantitative estimate of drug-likeness (QED) is 0.203. The molecular formula is C34H52N2O6. The maximum absolute atomic E-state index is 6.45. The van der Waals surface area contributed by atoms with Crippen molar-refractivity contribution < 1.29 is 28.4 Å². The van der Waals surface area contributed by atoms with Crippen LogP contribution in [0.5, 0.6) is 5.75 Å². The highest BCUT2D eigenvalue weighted by Gasteiger charge is 2.60. The van der Waals surface area contributed by atoms with Gasteiger partial charge in [0.25, 0.3) is 0 Å². The average Bonchev–Trinajstić information content (AvgIpc) is 3.46. The lowest BCUT2D eigenvalue weighted by Gasteiger charge is -2.42. The molecule has 234 valence electrons. The summed E-state index contributed by atoms with van der Waals surface area (Å²) in [6.45, 7) is 13.1. The number of hydrogen-bond acceptors (Lipinski definition) is 8. The van der Waals surface area contributed by atoms with Gasteiger partial charge in [0.15, 0.2) is 17.9 Å². The Balaban J connectivity index is 1.03. The molecule has 4 aliphatic rings. The van der Waals surface area contributed by atoms with E-state index in [-0.39, 0.29) is 24.4 Å². The normalized spacial score (nSPS) is 30.1. The van der Waals surface area contributed by atoms with Crippen molar-refractivity contribution in [2.45, 2.75) is 128 Å². The van der Waals surface area contributed by atoms with E-state index in [0.717, 1.165) is 57.9 Å². The first-order valence-corrected chi connectivity index (χ1v) is 16.2. The molecule has 0 aromatic heterocycles. The van der Waals surface area contributed by atoms with Crippen LogP contribution in [0.4, 0.5) is 5.69 Å². The lowest BCUT2D eigenvalue weighted by molar-refractivity contribution is -0.236. The Morgan fingerprint density at radius 3 is 2.19 bits per heavy atom. The predicted molar refractivity (Wildman–Crippen MR) is 163 cm³/mol. The van der Waals surface area contributed by atoms with E-state index >= 15 is 0 Å². The van der Waals surface area contributed by atoms with Crippen LogP contribution in [0.2, 0.25) is 0 Å². The van der Waals surface area contributed by atoms with Crippen molar-refractivity contribution in [2.24, 2.45) is 0 Å². The van der Waals surface area contributed by atoms with Gasteiger partial charge >= 0.3 is 0 Å². The molecule has 8 heteroatoms. The number of fused-ring (bicyclic) bond motifs is 3. The minimum absolute atomic E-state index is 0.141. The van der Waals surface area contributed by atoms with E-state index in [0.29, 0.717) is 0 Å². The van der Waals surface area contributed by atoms with E-state index in [1.165, 1.54) is 50.6 Å². The van der Waals surface area contributed by atoms with Crippen LogP contribution in [0, 0.1) is 12.3 Å². The van der Waals surface area contributed by atoms with Crippen molar-refractivity contribution in [2.75, 3.05) is 44.2 Å². The standard InChI is InChI=1S/C34H52N2O6/c1-6-7-8-9-10-11-12-13-14-15-23-37-27-18-16-17-26(24-27)36-21-19-35(20-22-36)25-28-29-30(40-33(2,3)39-29)31-32(38-28)42-34(4,5)41-31/h1,16-18,24,28-32H,7-15,19-23,25H2,2-5H3/t28-,29+,30+,31-,32-/m1/s1. The van der Waals surface area contributed by atoms with E-state index < -0.39 is 17.9 Å². The number of ether oxygens (including phenoxy) is 6. The van der Waals surface area contributed by atoms with Gasteiger partial charge in [-0.3, -0.25) is 4.90 Å². The molecule has 8 nitrogen and oxygen atoms in total. The summed E-state index contributed by atoms with van der Waals surface area (Å²) in [5, 5.41) is 0. The molecule has 4 saturated heterocycles. The molecule has 5 atom stereocenters. The summed E-state index contributed by atoms with van der Waals surface area (Å²) in [6, 6.07) is 8.55. The zero-order chi connectivity index (χ0) is 29.6. The Kier molecular flexibility index (Phi) is 10.7. The second kappa shape index (κ2) is 14.3. The number of hydrogen-bond donors (Lipinski definition) is 0. The van der Waals surface area contributed by atoms with Crippen LogP contribution in [-0.4, -0.2) is 86.5 Å². The number of rotatable bonds is 14. The van der Waals surface area contributed by atoms with Crippen molar-refractivity contribution in [3.05, 3.63) is 24.3 Å². The molecule has 0 spiro atoms. The number of nitrogens with zero attached hydrogens (tertiary/aromatic N) is 2. The molecule has 0 radical (unpaired) electrons. The molecule has 0 unspecified atom stereocenters. The third-order valence-corrected chi connectivity index (χ3v) is 8.73. The Morgan fingerprint density at radius 2 is 1.45 bits per heavy atom. The summed E-state index contributed by atoms with van der Waals surface area (Å²) >= 11 is 0. The molecule has 0 N–H and O–H groups in total. The van der Waals surface area contributed by atoms with Crippen LogP contribution in [0.15, 0.2) is 24.3 Å². The zero-order valence-corrected chi connectivity index (χ0v) is 26.2. The lowest BCUT2D eigenvalue weighted by atomic mass is 9.98. The molecule has 1 aromatic carbocycles. The van der Waals surface area contributed by atoms with Gasteiger partial charge in [0.05, 0.1) is 6.61 Å². The molecule has 4 aliphatic heterocycles. The van der Waals surface area contributed by atoms with Gasteiger partial charge in [0.1, 0.15) is 30.2 Å². The van der Waals surface area contributed by atoms with Crippen LogP contribution in [0.25, 0.3) is 0 Å². The van der Waals surface area contributed by atoms with E-state index in [1.54, 1.807) is 0 Å². The van der Waals surface area contributed by atoms with Crippen molar-refractivity contribution in [3.8, 4) is 18.1 Å². The summed E-state index contributed by atoms with van der Waals surface area (Å²) in [5.74, 6) is 2.32. The third kappa shape index (κ3) is 8.40. The van der Waals surface area contributed by atoms with Crippen molar-refractivity contribution >= 4 is 5.69 Å². The van der Waals surface area contributed by atoms with Crippen molar-refractivity contribution in [3.63, 3.8) is 0 Å². The number of unbranched alkanes of at least 4 members (excludes halogenated alkanes) is 8. The summed E-state index contributed by atoms with van der Waals surface area (Å²) in [6.07, 6.45) is 15.0. The molecule has 0 aliphatic carbocycles. The maximum Gasteiger partial charge on any atom is 0.190 e. The monoisotopic (exact) mass is 584 g/mol. The van der Waals surface area contributed by atoms with Gasteiger partial charge in [0, 0.05) is 50.9 Å². The van der Waals surface area contributed by atoms with Gasteiger partial charge in [0.2, 0.25) is 0 Å². The largest absolute Gasteiger partial charge is 0.494 e. The zero-order valence-electron chi connectivity index (χ0n) is 26.2. The van der Waals surface area contributed by atoms with Gasteiger partial charge in [-0.15, -0.1) is 12.3 Å². The number of benzene rings is 1. The fraction of sp³-hybridized carbons (Fsp3) is 0.765. The second-order valence-corrected chi connectivity index (χ2v) is 13.1. The SMILES string of the molecule is C#CCCCCCCCCCCOc1cccc(N2CCN(C[C@H]3O[C@@H]4OC(C)(C)O[C@@H]4[C@H]4OC(C)(C)O[C@H]43)CC2)c1. The van der Waals surface area contributed by atoms with Gasteiger partial charge in [-0.1, -0.05) is 44.6 Å². The van der Waals surface area contributed by atoms with Gasteiger partial charge in [-0.25, -0.2) is 0 Å². The van der Waals surface area contributed by atoms with Crippen molar-refractivity contribution in [1.29, 1.82) is 0 Å². The first kappa shape index (κ1) is 31.6. The molecule has 0 amide bonds. The number of anilines is 1. The van der Waals surface area contributed by atoms with Crippen LogP contribution in [-0.2, 0) is 23.7 Å². The minimum atomic E-state index is -0.697. The van der Waals surface area contributed by atoms with E-state index in [2.05, 4.69) is 40.0 Å². The molecule has 4 heterocycles. The lowest BCUT2D eigenvalue weighted by Crippen LogP contribution is -2.59. The fourth-order valence-corrected chi connectivity index (χ4v) is 6.63. The Labute approximate surface area is 253 Å². The second-order valence-electron chi connectivity index (χ2n) is 13.1. The molecule has 4 fully saturated rings. The highest BCUT2D eigenvalue weighted by atomic mass is 16.9. The summed E-state index contributed by atoms with van der Waals surface area (Å²) < 4.78 is 37.4. The van der Waals surface area contributed by atoms with Crippen LogP contribution in [0.1, 0.15) is 85.5 Å². The maximum atomic E-state index is 6.45. The smallest absolute Gasteiger partial charge is 0.190 e. The molecular weight excluding hydrogens is 532 g/mol. The topological polar surface area (TPSA) is 61.9 Å². The van der Waals surface area contributed by atoms with Crippen LogP contribution in [0.3, 0.4) is 0 Å². The highest BCUT2D eigenvalue weighted by molar-refractivity contribution is 5.51. The average molecular weight is 585 g/mol. The Bertz CT molecular complexity index is 1030. The molecule has 1 aromatic rings. The first-order chi connectivity index (χ1) is 20.2. The minimum Gasteiger partial charge on any atom is -0.494 e. The molecule has 0 bridgehead atoms. The van der Waals surface area contributed by atoms with E-state index in [1.807, 2.05) is 27.7 Å². The van der Waals surface area contributed by atoms with Gasteiger partial charge in [-0.05, 0) is 52.7 Å². The first-order valence-electron chi connectivity index (χ1n) is 16.2. The van der Waals surface area contributed by atoms with E-state index in [9.17, 15) is 0 Å². The van der Waals surface area contributed by atoms with Crippen LogP contribution >= 0.6 is 0 Å². The van der Waals surface area contributed by atoms with Gasteiger partial charge < -0.3 is 33.3 Å². The third-order valence-electron chi connectivity index (χ3n) is 8.73. The summed E-state index contributed by atoms with van der Waals surface area (Å²) in [4.78, 5) is 4.91. The number of piperazine rings is 1. The summed E-state index contributed by atoms with van der Waals surface area (Å²) in [7, 11) is 0. The van der Waals surface area contributed by atoms with Gasteiger partial charge in [-0.2, -0.15) is 0 Å². The Morgan fingerprint density at radius 1 is 0.810 bits per heavy atom. The van der Waals surface area contributed by atoms with Crippen molar-refractivity contribution in [1.82, 2.24) is 4.90 Å². The molecule has 5 rings (SSSR count). The van der Waals surface area contributed by atoms with E-state index in [4.69, 9.17) is 34.8 Å². The number of terminal acetylenes is 1. The van der Waals surface area contributed by atoms with Crippen LogP contribution < -0.4 is 9.64 Å². The molecule has 0 saturated carbocycles. The Hall–Kier alpha value is -1.86. The fourth-order valence-electron chi connectivity index (χ4n) is 6.63.